The molecule has 1 saturated carbocycles. The summed E-state index contributed by atoms with van der Waals surface area (Å²) in [5.74, 6) is 0.160. The number of carbonyl (C=O) groups is 2. The van der Waals surface area contributed by atoms with E-state index in [2.05, 4.69) is 56.0 Å². The summed E-state index contributed by atoms with van der Waals surface area (Å²) in [5, 5.41) is 1.02. The van der Waals surface area contributed by atoms with E-state index in [1.54, 1.807) is 11.3 Å². The van der Waals surface area contributed by atoms with Gasteiger partial charge in [0.25, 0.3) is 0 Å². The van der Waals surface area contributed by atoms with Gasteiger partial charge in [-0.1, -0.05) is 44.9 Å². The molecule has 6 rings (SSSR count). The van der Waals surface area contributed by atoms with Crippen molar-refractivity contribution in [3.63, 3.8) is 0 Å². The van der Waals surface area contributed by atoms with Crippen LogP contribution in [0, 0.1) is 0 Å². The second-order valence-corrected chi connectivity index (χ2v) is 12.2. The molecule has 1 aliphatic carbocycles. The van der Waals surface area contributed by atoms with Crippen LogP contribution in [-0.2, 0) is 27.3 Å². The molecule has 1 aromatic carbocycles. The number of rotatable bonds is 8. The Morgan fingerprint density at radius 2 is 1.88 bits per heavy atom. The van der Waals surface area contributed by atoms with Crippen LogP contribution in [0.5, 0.6) is 5.88 Å². The molecule has 42 heavy (non-hydrogen) atoms. The van der Waals surface area contributed by atoms with Crippen molar-refractivity contribution in [3.8, 4) is 27.7 Å². The van der Waals surface area contributed by atoms with Gasteiger partial charge in [-0.3, -0.25) is 4.79 Å². The molecular formula is C34H37N3O4S. The van der Waals surface area contributed by atoms with E-state index in [1.807, 2.05) is 15.5 Å². The fraction of sp³-hybridized carbons (Fsp3) is 0.382. The van der Waals surface area contributed by atoms with Gasteiger partial charge in [-0.2, -0.15) is 0 Å². The third kappa shape index (κ3) is 5.92. The van der Waals surface area contributed by atoms with E-state index < -0.39 is 5.97 Å². The van der Waals surface area contributed by atoms with E-state index in [0.29, 0.717) is 38.1 Å². The lowest BCUT2D eigenvalue weighted by molar-refractivity contribution is -0.136. The van der Waals surface area contributed by atoms with Gasteiger partial charge in [0.2, 0.25) is 11.8 Å². The number of esters is 1. The van der Waals surface area contributed by atoms with Crippen molar-refractivity contribution in [1.82, 2.24) is 14.5 Å². The van der Waals surface area contributed by atoms with Crippen LogP contribution in [0.1, 0.15) is 55.4 Å². The average molecular weight is 584 g/mol. The number of fused-ring (bicyclic) bond motifs is 1. The minimum atomic E-state index is -0.538. The maximum atomic E-state index is 13.5. The molecule has 0 unspecified atom stereocenters. The molecule has 7 nitrogen and oxygen atoms in total. The van der Waals surface area contributed by atoms with Crippen molar-refractivity contribution >= 4 is 34.1 Å². The maximum absolute atomic E-state index is 13.5. The number of ether oxygens (including phenoxy) is 2. The maximum Gasteiger partial charge on any atom is 0.336 e. The number of thiophene rings is 1. The van der Waals surface area contributed by atoms with Gasteiger partial charge in [0.05, 0.1) is 35.0 Å². The summed E-state index contributed by atoms with van der Waals surface area (Å²) in [7, 11) is 0. The summed E-state index contributed by atoms with van der Waals surface area (Å²) in [6.45, 7) is 8.00. The zero-order valence-electron chi connectivity index (χ0n) is 24.1. The first-order valence-corrected chi connectivity index (χ1v) is 15.8. The number of nitrogens with zero attached hydrogens (tertiary/aromatic N) is 3. The summed E-state index contributed by atoms with van der Waals surface area (Å²) in [6.07, 6.45) is 7.88. The van der Waals surface area contributed by atoms with Gasteiger partial charge in [-0.25, -0.2) is 9.78 Å². The van der Waals surface area contributed by atoms with Gasteiger partial charge in [0, 0.05) is 35.5 Å². The molecule has 3 aromatic heterocycles. The highest BCUT2D eigenvalue weighted by atomic mass is 32.1. The summed E-state index contributed by atoms with van der Waals surface area (Å²) >= 11 is 1.78. The first-order chi connectivity index (χ1) is 20.5. The molecule has 2 fully saturated rings. The summed E-state index contributed by atoms with van der Waals surface area (Å²) in [5.41, 5.74) is 4.94. The number of pyridine rings is 1. The topological polar surface area (TPSA) is 73.7 Å². The Kier molecular flexibility index (Phi) is 8.53. The summed E-state index contributed by atoms with van der Waals surface area (Å²) in [4.78, 5) is 35.3. The Morgan fingerprint density at radius 3 is 2.62 bits per heavy atom. The number of carbonyl (C=O) groups excluding carboxylic acids is 2. The Labute approximate surface area is 250 Å². The van der Waals surface area contributed by atoms with Crippen LogP contribution in [0.4, 0.5) is 0 Å². The smallest absolute Gasteiger partial charge is 0.336 e. The van der Waals surface area contributed by atoms with E-state index in [1.165, 1.54) is 16.2 Å². The molecule has 4 aromatic rings. The van der Waals surface area contributed by atoms with Crippen molar-refractivity contribution in [2.75, 3.05) is 26.3 Å². The number of aromatic nitrogens is 2. The lowest BCUT2D eigenvalue weighted by Crippen LogP contribution is -2.42. The Bertz CT molecular complexity index is 1610. The van der Waals surface area contributed by atoms with Crippen molar-refractivity contribution in [2.24, 2.45) is 0 Å². The van der Waals surface area contributed by atoms with Crippen LogP contribution in [0.3, 0.4) is 0 Å². The van der Waals surface area contributed by atoms with Crippen molar-refractivity contribution < 1.29 is 19.1 Å². The van der Waals surface area contributed by atoms with Gasteiger partial charge >= 0.3 is 5.97 Å². The van der Waals surface area contributed by atoms with Gasteiger partial charge in [0.15, 0.2) is 0 Å². The number of hydrogen-bond acceptors (Lipinski definition) is 6. The predicted molar refractivity (Wildman–Crippen MR) is 167 cm³/mol. The van der Waals surface area contributed by atoms with Gasteiger partial charge < -0.3 is 18.9 Å². The molecule has 218 valence electrons. The first kappa shape index (κ1) is 28.4. The molecule has 1 amide bonds. The zero-order valence-corrected chi connectivity index (χ0v) is 25.0. The molecule has 0 bridgehead atoms. The molecule has 8 heteroatoms. The van der Waals surface area contributed by atoms with Crippen molar-refractivity contribution in [2.45, 2.75) is 57.9 Å². The predicted octanol–water partition coefficient (Wildman–Crippen LogP) is 6.99. The van der Waals surface area contributed by atoms with E-state index in [4.69, 9.17) is 14.5 Å². The lowest BCUT2D eigenvalue weighted by Gasteiger charge is -2.28. The first-order valence-electron chi connectivity index (χ1n) is 15.0. The van der Waals surface area contributed by atoms with Gasteiger partial charge in [-0.05, 0) is 66.6 Å². The molecule has 1 aliphatic heterocycles. The minimum absolute atomic E-state index is 0.0178. The highest BCUT2D eigenvalue weighted by Crippen LogP contribution is 2.43. The molecule has 4 heterocycles. The van der Waals surface area contributed by atoms with E-state index in [9.17, 15) is 9.59 Å². The molecule has 0 atom stereocenters. The second-order valence-electron chi connectivity index (χ2n) is 11.0. The molecule has 2 aliphatic rings. The van der Waals surface area contributed by atoms with Crippen LogP contribution in [0.15, 0.2) is 61.2 Å². The quantitative estimate of drug-likeness (QED) is 0.165. The van der Waals surface area contributed by atoms with E-state index in [0.717, 1.165) is 71.6 Å². The fourth-order valence-electron chi connectivity index (χ4n) is 6.14. The molecule has 0 N–H and O–H groups in total. The molecule has 0 radical (unpaired) electrons. The second kappa shape index (κ2) is 12.6. The number of benzene rings is 1. The standard InChI is InChI=1S/C34H37N3O4S/c1-3-26-12-15-30(42-26)29-14-10-24-20-25(11-13-28(24)35-29)34-27(23-8-6-5-7-9-23)21-32(41-33(39)4-2)37(34)22-31(38)36-16-18-40-19-17-36/h4,10-15,20-21,23H,2-3,5-9,16-19,22H2,1H3. The molecule has 1 saturated heterocycles. The van der Waals surface area contributed by atoms with Crippen LogP contribution in [0.2, 0.25) is 0 Å². The van der Waals surface area contributed by atoms with Crippen molar-refractivity contribution in [1.29, 1.82) is 0 Å². The number of amides is 1. The van der Waals surface area contributed by atoms with Gasteiger partial charge in [-0.15, -0.1) is 11.3 Å². The summed E-state index contributed by atoms with van der Waals surface area (Å²) in [6, 6.07) is 16.8. The summed E-state index contributed by atoms with van der Waals surface area (Å²) < 4.78 is 13.1. The van der Waals surface area contributed by atoms with E-state index >= 15 is 0 Å². The highest BCUT2D eigenvalue weighted by molar-refractivity contribution is 7.15. The lowest BCUT2D eigenvalue weighted by atomic mass is 9.83. The Hall–Kier alpha value is -3.75. The monoisotopic (exact) mass is 583 g/mol. The number of morpholine rings is 1. The Balaban J connectivity index is 1.44. The largest absolute Gasteiger partial charge is 0.406 e. The third-order valence-electron chi connectivity index (χ3n) is 8.39. The van der Waals surface area contributed by atoms with Gasteiger partial charge in [0.1, 0.15) is 6.54 Å². The van der Waals surface area contributed by atoms with Crippen LogP contribution in [0.25, 0.3) is 32.7 Å². The zero-order chi connectivity index (χ0) is 29.1. The highest BCUT2D eigenvalue weighted by Gasteiger charge is 2.28. The van der Waals surface area contributed by atoms with Crippen LogP contribution >= 0.6 is 11.3 Å². The molecular weight excluding hydrogens is 546 g/mol. The average Bonchev–Trinajstić information content (AvgIpc) is 3.66. The fourth-order valence-corrected chi connectivity index (χ4v) is 7.06. The van der Waals surface area contributed by atoms with Crippen LogP contribution in [-0.4, -0.2) is 52.6 Å². The minimum Gasteiger partial charge on any atom is -0.406 e. The van der Waals surface area contributed by atoms with E-state index in [-0.39, 0.29) is 12.5 Å². The third-order valence-corrected chi connectivity index (χ3v) is 9.64. The number of aryl methyl sites for hydroxylation is 1. The van der Waals surface area contributed by atoms with Crippen molar-refractivity contribution in [3.05, 3.63) is 71.6 Å². The number of hydrogen-bond donors (Lipinski definition) is 0. The van der Waals surface area contributed by atoms with Crippen LogP contribution < -0.4 is 4.74 Å². The molecule has 0 spiro atoms. The SMILES string of the molecule is C=CC(=O)Oc1cc(C2CCCCC2)c(-c2ccc3nc(-c4ccc(CC)s4)ccc3c2)n1CC(=O)N1CCOCC1. The normalized spacial score (nSPS) is 16.1. The Morgan fingerprint density at radius 1 is 1.07 bits per heavy atom.